The van der Waals surface area contributed by atoms with Crippen LogP contribution >= 0.6 is 0 Å². The molecule has 20 heavy (non-hydrogen) atoms. The Hall–Kier alpha value is -0.160. The second-order valence-electron chi connectivity index (χ2n) is 5.13. The van der Waals surface area contributed by atoms with E-state index in [-0.39, 0.29) is 6.10 Å². The van der Waals surface area contributed by atoms with E-state index < -0.39 is 5.97 Å². The molecule has 0 N–H and O–H groups in total. The van der Waals surface area contributed by atoms with Crippen molar-refractivity contribution in [2.45, 2.75) is 77.3 Å². The highest BCUT2D eigenvalue weighted by atomic mass is 16.9. The maximum Gasteiger partial charge on any atom is 0.310 e. The lowest BCUT2D eigenvalue weighted by molar-refractivity contribution is -0.394. The second-order valence-corrected chi connectivity index (χ2v) is 5.13. The Morgan fingerprint density at radius 3 is 1.80 bits per heavy atom. The average molecular weight is 290 g/mol. The Balaban J connectivity index is 4.25. The van der Waals surface area contributed by atoms with Crippen molar-refractivity contribution in [3.05, 3.63) is 0 Å². The summed E-state index contributed by atoms with van der Waals surface area (Å²) in [6.07, 6.45) is 9.22. The van der Waals surface area contributed by atoms with Crippen LogP contribution in [0.25, 0.3) is 0 Å². The molecule has 0 amide bonds. The number of hydrogen-bond acceptors (Lipinski definition) is 4. The topological polar surface area (TPSA) is 36.9 Å². The maximum absolute atomic E-state index is 5.88. The fourth-order valence-corrected chi connectivity index (χ4v) is 2.38. The third-order valence-electron chi connectivity index (χ3n) is 3.59. The molecule has 0 fully saturated rings. The van der Waals surface area contributed by atoms with E-state index in [1.54, 1.807) is 21.3 Å². The molecule has 0 radical (unpaired) electrons. The van der Waals surface area contributed by atoms with E-state index >= 15 is 0 Å². The van der Waals surface area contributed by atoms with Gasteiger partial charge in [0.1, 0.15) is 6.10 Å². The lowest BCUT2D eigenvalue weighted by atomic mass is 10.1. The molecule has 0 aromatic carbocycles. The van der Waals surface area contributed by atoms with Gasteiger partial charge in [-0.05, 0) is 12.8 Å². The van der Waals surface area contributed by atoms with Crippen LogP contribution in [0.4, 0.5) is 0 Å². The summed E-state index contributed by atoms with van der Waals surface area (Å²) in [5.41, 5.74) is 0. The monoisotopic (exact) mass is 290 g/mol. The van der Waals surface area contributed by atoms with Crippen LogP contribution in [-0.4, -0.2) is 40.0 Å². The molecular formula is C16H34O4. The molecule has 0 aliphatic carbocycles. The van der Waals surface area contributed by atoms with Crippen LogP contribution in [-0.2, 0) is 18.9 Å². The van der Waals surface area contributed by atoms with Crippen LogP contribution < -0.4 is 0 Å². The Labute approximate surface area is 125 Å². The van der Waals surface area contributed by atoms with Gasteiger partial charge in [0.05, 0.1) is 0 Å². The molecule has 122 valence electrons. The van der Waals surface area contributed by atoms with E-state index in [0.717, 1.165) is 19.3 Å². The van der Waals surface area contributed by atoms with Gasteiger partial charge in [0.15, 0.2) is 0 Å². The molecule has 0 bridgehead atoms. The normalized spacial score (nSPS) is 13.7. The zero-order valence-corrected chi connectivity index (χ0v) is 14.1. The van der Waals surface area contributed by atoms with Crippen LogP contribution in [0.1, 0.15) is 65.2 Å². The average Bonchev–Trinajstić information content (AvgIpc) is 2.49. The summed E-state index contributed by atoms with van der Waals surface area (Å²) in [4.78, 5) is 0. The van der Waals surface area contributed by atoms with E-state index in [1.807, 2.05) is 0 Å². The summed E-state index contributed by atoms with van der Waals surface area (Å²) < 4.78 is 22.1. The molecule has 0 rings (SSSR count). The van der Waals surface area contributed by atoms with Crippen molar-refractivity contribution >= 4 is 0 Å². The van der Waals surface area contributed by atoms with Gasteiger partial charge >= 0.3 is 5.97 Å². The zero-order chi connectivity index (χ0) is 15.3. The molecule has 4 nitrogen and oxygen atoms in total. The molecular weight excluding hydrogens is 256 g/mol. The van der Waals surface area contributed by atoms with E-state index in [9.17, 15) is 0 Å². The number of hydrogen-bond donors (Lipinski definition) is 0. The zero-order valence-electron chi connectivity index (χ0n) is 14.1. The van der Waals surface area contributed by atoms with Crippen LogP contribution in [0.15, 0.2) is 0 Å². The van der Waals surface area contributed by atoms with E-state index in [4.69, 9.17) is 18.9 Å². The number of ether oxygens (including phenoxy) is 4. The Bertz CT molecular complexity index is 196. The molecule has 1 unspecified atom stereocenters. The summed E-state index contributed by atoms with van der Waals surface area (Å²) in [6, 6.07) is 0. The Morgan fingerprint density at radius 1 is 0.750 bits per heavy atom. The van der Waals surface area contributed by atoms with Crippen molar-refractivity contribution in [2.24, 2.45) is 0 Å². The van der Waals surface area contributed by atoms with E-state index in [1.165, 1.54) is 32.1 Å². The first-order valence-corrected chi connectivity index (χ1v) is 7.97. The number of rotatable bonds is 14. The van der Waals surface area contributed by atoms with Crippen LogP contribution in [0.3, 0.4) is 0 Å². The van der Waals surface area contributed by atoms with Crippen molar-refractivity contribution in [3.63, 3.8) is 0 Å². The minimum absolute atomic E-state index is 0.186. The minimum Gasteiger partial charge on any atom is -0.370 e. The lowest BCUT2D eigenvalue weighted by Gasteiger charge is -2.36. The fraction of sp³-hybridized carbons (Fsp3) is 1.00. The van der Waals surface area contributed by atoms with Gasteiger partial charge in [0.2, 0.25) is 0 Å². The summed E-state index contributed by atoms with van der Waals surface area (Å²) >= 11 is 0. The molecule has 1 atom stereocenters. The predicted molar refractivity (Wildman–Crippen MR) is 81.8 cm³/mol. The maximum atomic E-state index is 5.88. The SMILES string of the molecule is CCCCCCCCC(OCCC)C(OC)(OC)OC. The second kappa shape index (κ2) is 12.6. The quantitative estimate of drug-likeness (QED) is 0.356. The molecule has 0 saturated heterocycles. The molecule has 0 aromatic heterocycles. The smallest absolute Gasteiger partial charge is 0.310 e. The van der Waals surface area contributed by atoms with Gasteiger partial charge in [-0.1, -0.05) is 52.4 Å². The van der Waals surface area contributed by atoms with Gasteiger partial charge in [0, 0.05) is 27.9 Å². The molecule has 0 aliphatic heterocycles. The molecule has 0 aromatic rings. The summed E-state index contributed by atoms with van der Waals surface area (Å²) in [6.45, 7) is 5.02. The van der Waals surface area contributed by atoms with Gasteiger partial charge in [0.25, 0.3) is 0 Å². The minimum atomic E-state index is -1.08. The van der Waals surface area contributed by atoms with Crippen LogP contribution in [0.5, 0.6) is 0 Å². The van der Waals surface area contributed by atoms with E-state index in [2.05, 4.69) is 13.8 Å². The van der Waals surface area contributed by atoms with Gasteiger partial charge in [-0.15, -0.1) is 0 Å². The summed E-state index contributed by atoms with van der Waals surface area (Å²) in [7, 11) is 4.78. The van der Waals surface area contributed by atoms with Crippen molar-refractivity contribution in [1.29, 1.82) is 0 Å². The number of unbranched alkanes of at least 4 members (excludes halogenated alkanes) is 5. The van der Waals surface area contributed by atoms with Crippen LogP contribution in [0.2, 0.25) is 0 Å². The first kappa shape index (κ1) is 19.8. The first-order chi connectivity index (χ1) is 9.70. The Morgan fingerprint density at radius 2 is 1.30 bits per heavy atom. The van der Waals surface area contributed by atoms with Crippen molar-refractivity contribution < 1.29 is 18.9 Å². The van der Waals surface area contributed by atoms with Gasteiger partial charge < -0.3 is 18.9 Å². The largest absolute Gasteiger partial charge is 0.370 e. The molecule has 4 heteroatoms. The molecule has 0 spiro atoms. The third-order valence-corrected chi connectivity index (χ3v) is 3.59. The molecule has 0 aliphatic rings. The fourth-order valence-electron chi connectivity index (χ4n) is 2.38. The van der Waals surface area contributed by atoms with Gasteiger partial charge in [-0.3, -0.25) is 0 Å². The lowest BCUT2D eigenvalue weighted by Crippen LogP contribution is -2.49. The van der Waals surface area contributed by atoms with Crippen molar-refractivity contribution in [1.82, 2.24) is 0 Å². The summed E-state index contributed by atoms with van der Waals surface area (Å²) in [5, 5.41) is 0. The molecule has 0 saturated carbocycles. The van der Waals surface area contributed by atoms with Crippen LogP contribution in [0, 0.1) is 0 Å². The van der Waals surface area contributed by atoms with Crippen molar-refractivity contribution in [3.8, 4) is 0 Å². The van der Waals surface area contributed by atoms with Gasteiger partial charge in [-0.25, -0.2) is 0 Å². The highest BCUT2D eigenvalue weighted by molar-refractivity contribution is 4.71. The van der Waals surface area contributed by atoms with Gasteiger partial charge in [-0.2, -0.15) is 0 Å². The standard InChI is InChI=1S/C16H34O4/c1-6-8-9-10-11-12-13-15(20-14-7-2)16(17-3,18-4)19-5/h15H,6-14H2,1-5H3. The first-order valence-electron chi connectivity index (χ1n) is 7.97. The highest BCUT2D eigenvalue weighted by Gasteiger charge is 2.40. The van der Waals surface area contributed by atoms with E-state index in [0.29, 0.717) is 6.61 Å². The molecule has 0 heterocycles. The Kier molecular flexibility index (Phi) is 12.5. The highest BCUT2D eigenvalue weighted by Crippen LogP contribution is 2.25. The van der Waals surface area contributed by atoms with Crippen molar-refractivity contribution in [2.75, 3.05) is 27.9 Å². The third kappa shape index (κ3) is 7.02. The number of methoxy groups -OCH3 is 3. The predicted octanol–water partition coefficient (Wildman–Crippen LogP) is 4.13. The summed E-state index contributed by atoms with van der Waals surface area (Å²) in [5.74, 6) is -1.08.